The number of ether oxygens (including phenoxy) is 4. The minimum Gasteiger partial charge on any atom is -0.472 e. The lowest BCUT2D eigenvalue weighted by atomic mass is 9.99. The van der Waals surface area contributed by atoms with Gasteiger partial charge in [-0.2, -0.15) is 0 Å². The third kappa shape index (κ3) is 5.90. The molecular formula is C27H33N3O6. The van der Waals surface area contributed by atoms with Crippen molar-refractivity contribution in [1.82, 2.24) is 14.8 Å². The Morgan fingerprint density at radius 1 is 1.31 bits per heavy atom. The lowest BCUT2D eigenvalue weighted by Crippen LogP contribution is -2.49. The molecule has 1 amide bonds. The molecule has 0 saturated heterocycles. The Morgan fingerprint density at radius 2 is 2.11 bits per heavy atom. The normalized spacial score (nSPS) is 19.6. The van der Waals surface area contributed by atoms with Crippen molar-refractivity contribution in [2.24, 2.45) is 5.92 Å². The quantitative estimate of drug-likeness (QED) is 0.585. The van der Waals surface area contributed by atoms with Crippen LogP contribution >= 0.6 is 0 Å². The van der Waals surface area contributed by atoms with Crippen LogP contribution in [0.2, 0.25) is 0 Å². The molecule has 3 atom stereocenters. The zero-order valence-electron chi connectivity index (χ0n) is 21.2. The summed E-state index contributed by atoms with van der Waals surface area (Å²) in [5.41, 5.74) is 2.04. The van der Waals surface area contributed by atoms with Gasteiger partial charge in [0, 0.05) is 44.4 Å². The Kier molecular flexibility index (Phi) is 8.31. The van der Waals surface area contributed by atoms with Crippen LogP contribution in [0.1, 0.15) is 35.3 Å². The number of rotatable bonds is 7. The number of aliphatic hydroxyl groups excluding tert-OH is 1. The molecule has 192 valence electrons. The average molecular weight is 496 g/mol. The van der Waals surface area contributed by atoms with Crippen molar-refractivity contribution in [1.29, 1.82) is 0 Å². The summed E-state index contributed by atoms with van der Waals surface area (Å²) in [7, 11) is 3.60. The number of methoxy groups -OCH3 is 1. The first-order valence-electron chi connectivity index (χ1n) is 12.0. The molecule has 2 aliphatic rings. The molecule has 4 rings (SSSR count). The fraction of sp³-hybridized carbons (Fsp3) is 0.481. The van der Waals surface area contributed by atoms with E-state index in [0.29, 0.717) is 30.8 Å². The molecule has 0 aliphatic carbocycles. The van der Waals surface area contributed by atoms with Crippen LogP contribution in [-0.4, -0.2) is 85.2 Å². The van der Waals surface area contributed by atoms with Gasteiger partial charge in [-0.15, -0.1) is 0 Å². The summed E-state index contributed by atoms with van der Waals surface area (Å²) in [5, 5.41) is 9.84. The second-order valence-electron chi connectivity index (χ2n) is 9.32. The average Bonchev–Trinajstić information content (AvgIpc) is 3.34. The van der Waals surface area contributed by atoms with E-state index in [-0.39, 0.29) is 49.9 Å². The number of carbonyl (C=O) groups is 1. The number of aromatic nitrogens is 1. The minimum absolute atomic E-state index is 0.00160. The number of benzene rings is 1. The van der Waals surface area contributed by atoms with Gasteiger partial charge in [0.25, 0.3) is 5.91 Å². The predicted molar refractivity (Wildman–Crippen MR) is 133 cm³/mol. The maximum absolute atomic E-state index is 13.5. The molecule has 0 fully saturated rings. The fourth-order valence-corrected chi connectivity index (χ4v) is 4.32. The molecule has 36 heavy (non-hydrogen) atoms. The smallest absolute Gasteiger partial charge is 0.259 e. The molecule has 1 aromatic heterocycles. The third-order valence-electron chi connectivity index (χ3n) is 6.35. The van der Waals surface area contributed by atoms with Gasteiger partial charge in [0.2, 0.25) is 12.7 Å². The van der Waals surface area contributed by atoms with Crippen LogP contribution in [0.4, 0.5) is 0 Å². The van der Waals surface area contributed by atoms with Crippen LogP contribution in [-0.2, 0) is 11.3 Å². The molecule has 1 N–H and O–H groups in total. The lowest BCUT2D eigenvalue weighted by molar-refractivity contribution is 0.0325. The second kappa shape index (κ2) is 11.6. The highest BCUT2D eigenvalue weighted by molar-refractivity contribution is 5.97. The summed E-state index contributed by atoms with van der Waals surface area (Å²) in [5.74, 6) is 7.42. The molecule has 1 aromatic carbocycles. The summed E-state index contributed by atoms with van der Waals surface area (Å²) >= 11 is 0. The van der Waals surface area contributed by atoms with Gasteiger partial charge in [-0.05, 0) is 37.7 Å². The van der Waals surface area contributed by atoms with E-state index in [0.717, 1.165) is 17.1 Å². The van der Waals surface area contributed by atoms with Crippen molar-refractivity contribution in [2.75, 3.05) is 47.3 Å². The Balaban J connectivity index is 1.57. The van der Waals surface area contributed by atoms with E-state index in [1.165, 1.54) is 0 Å². The maximum atomic E-state index is 13.5. The number of hydrogen-bond donors (Lipinski definition) is 1. The van der Waals surface area contributed by atoms with E-state index in [1.54, 1.807) is 24.3 Å². The van der Waals surface area contributed by atoms with Crippen molar-refractivity contribution in [2.45, 2.75) is 32.5 Å². The molecule has 2 aliphatic heterocycles. The van der Waals surface area contributed by atoms with Crippen LogP contribution in [0.3, 0.4) is 0 Å². The Morgan fingerprint density at radius 3 is 2.89 bits per heavy atom. The third-order valence-corrected chi connectivity index (χ3v) is 6.35. The highest BCUT2D eigenvalue weighted by Crippen LogP contribution is 2.33. The summed E-state index contributed by atoms with van der Waals surface area (Å²) in [4.78, 5) is 21.8. The molecule has 0 radical (unpaired) electrons. The van der Waals surface area contributed by atoms with Crippen molar-refractivity contribution in [3.63, 3.8) is 0 Å². The van der Waals surface area contributed by atoms with Crippen molar-refractivity contribution in [3.8, 4) is 29.2 Å². The number of amides is 1. The number of nitrogens with zero attached hydrogens (tertiary/aromatic N) is 3. The van der Waals surface area contributed by atoms with Gasteiger partial charge in [-0.1, -0.05) is 24.8 Å². The van der Waals surface area contributed by atoms with Gasteiger partial charge in [-0.25, -0.2) is 4.98 Å². The van der Waals surface area contributed by atoms with E-state index in [9.17, 15) is 9.90 Å². The standard InChI is InChI=1S/C27H33N3O6/c1-18-13-30(19(2)16-31)27(32)22-10-20(6-5-9-33-4)12-28-26(22)36-25(18)15-29(3)14-21-7-8-23-24(11-21)35-17-34-23/h7-8,10-12,18-19,25,31H,9,13-17H2,1-4H3/t18-,19+,25+/m1/s1. The number of fused-ring (bicyclic) bond motifs is 2. The number of aliphatic hydroxyl groups is 1. The predicted octanol–water partition coefficient (Wildman–Crippen LogP) is 2.16. The second-order valence-corrected chi connectivity index (χ2v) is 9.32. The molecule has 9 nitrogen and oxygen atoms in total. The monoisotopic (exact) mass is 495 g/mol. The molecule has 0 saturated carbocycles. The maximum Gasteiger partial charge on any atom is 0.259 e. The molecular weight excluding hydrogens is 462 g/mol. The number of pyridine rings is 1. The van der Waals surface area contributed by atoms with E-state index < -0.39 is 0 Å². The van der Waals surface area contributed by atoms with E-state index in [4.69, 9.17) is 18.9 Å². The molecule has 0 unspecified atom stereocenters. The Labute approximate surface area is 211 Å². The minimum atomic E-state index is -0.346. The number of hydrogen-bond acceptors (Lipinski definition) is 8. The van der Waals surface area contributed by atoms with E-state index in [2.05, 4.69) is 28.6 Å². The first-order chi connectivity index (χ1) is 17.4. The van der Waals surface area contributed by atoms with Crippen molar-refractivity contribution in [3.05, 3.63) is 47.2 Å². The SMILES string of the molecule is COCC#Cc1cnc2c(c1)C(=O)N([C@@H](C)CO)C[C@@H](C)[C@H](CN(C)Cc1ccc3c(c1)OCO3)O2. The molecule has 0 spiro atoms. The summed E-state index contributed by atoms with van der Waals surface area (Å²) in [6.07, 6.45) is 1.37. The van der Waals surface area contributed by atoms with Gasteiger partial charge in [0.05, 0.1) is 12.6 Å². The summed E-state index contributed by atoms with van der Waals surface area (Å²) < 4.78 is 22.3. The van der Waals surface area contributed by atoms with Crippen LogP contribution in [0, 0.1) is 17.8 Å². The van der Waals surface area contributed by atoms with Crippen molar-refractivity contribution < 1.29 is 28.8 Å². The van der Waals surface area contributed by atoms with Crippen LogP contribution in [0.25, 0.3) is 0 Å². The van der Waals surface area contributed by atoms with Gasteiger partial charge < -0.3 is 29.0 Å². The van der Waals surface area contributed by atoms with Crippen LogP contribution in [0.15, 0.2) is 30.5 Å². The Bertz CT molecular complexity index is 1140. The first kappa shape index (κ1) is 25.8. The molecule has 0 bridgehead atoms. The first-order valence-corrected chi connectivity index (χ1v) is 12.0. The largest absolute Gasteiger partial charge is 0.472 e. The van der Waals surface area contributed by atoms with Gasteiger partial charge in [0.1, 0.15) is 18.3 Å². The van der Waals surface area contributed by atoms with Gasteiger partial charge >= 0.3 is 0 Å². The molecule has 2 aromatic rings. The number of likely N-dealkylation sites (N-methyl/N-ethyl adjacent to an activating group) is 1. The van der Waals surface area contributed by atoms with Crippen LogP contribution < -0.4 is 14.2 Å². The Hall–Kier alpha value is -3.32. The van der Waals surface area contributed by atoms with E-state index in [1.807, 2.05) is 32.2 Å². The highest BCUT2D eigenvalue weighted by Gasteiger charge is 2.34. The van der Waals surface area contributed by atoms with Gasteiger partial charge in [-0.3, -0.25) is 9.69 Å². The molecule has 3 heterocycles. The van der Waals surface area contributed by atoms with E-state index >= 15 is 0 Å². The summed E-state index contributed by atoms with van der Waals surface area (Å²) in [6.45, 7) is 6.03. The van der Waals surface area contributed by atoms with Crippen molar-refractivity contribution >= 4 is 5.91 Å². The fourth-order valence-electron chi connectivity index (χ4n) is 4.32. The highest BCUT2D eigenvalue weighted by atomic mass is 16.7. The topological polar surface area (TPSA) is 93.6 Å². The molecule has 9 heteroatoms. The zero-order valence-corrected chi connectivity index (χ0v) is 21.2. The lowest BCUT2D eigenvalue weighted by Gasteiger charge is -2.37. The zero-order chi connectivity index (χ0) is 25.7. The van der Waals surface area contributed by atoms with Gasteiger partial charge in [0.15, 0.2) is 11.5 Å². The summed E-state index contributed by atoms with van der Waals surface area (Å²) in [6, 6.07) is 7.30. The van der Waals surface area contributed by atoms with Crippen LogP contribution in [0.5, 0.6) is 17.4 Å². The number of carbonyl (C=O) groups excluding carboxylic acids is 1.